The molecule has 3 rings (SSSR count). The first-order chi connectivity index (χ1) is 12.9. The van der Waals surface area contributed by atoms with E-state index in [1.807, 2.05) is 62.4 Å². The molecule has 0 atom stereocenters. The van der Waals surface area contributed by atoms with Crippen molar-refractivity contribution < 1.29 is 4.79 Å². The molecule has 1 aliphatic rings. The van der Waals surface area contributed by atoms with Gasteiger partial charge in [-0.1, -0.05) is 28.1 Å². The summed E-state index contributed by atoms with van der Waals surface area (Å²) in [6, 6.07) is 18.0. The first-order valence-corrected chi connectivity index (χ1v) is 10.0. The fourth-order valence-electron chi connectivity index (χ4n) is 3.40. The minimum absolute atomic E-state index is 0.0671. The molecule has 27 heavy (non-hydrogen) atoms. The molecule has 0 aliphatic carbocycles. The van der Waals surface area contributed by atoms with Crippen LogP contribution in [0, 0.1) is 11.3 Å². The summed E-state index contributed by atoms with van der Waals surface area (Å²) >= 11 is 3.49. The molecule has 2 aromatic carbocycles. The van der Waals surface area contributed by atoms with Crippen molar-refractivity contribution in [2.75, 3.05) is 18.0 Å². The van der Waals surface area contributed by atoms with E-state index >= 15 is 0 Å². The van der Waals surface area contributed by atoms with Crippen molar-refractivity contribution in [3.8, 4) is 6.07 Å². The second-order valence-electron chi connectivity index (χ2n) is 7.53. The smallest absolute Gasteiger partial charge is 0.230 e. The molecule has 1 N–H and O–H groups in total. The summed E-state index contributed by atoms with van der Waals surface area (Å²) in [5, 5.41) is 12.2. The van der Waals surface area contributed by atoms with Crippen LogP contribution in [0.1, 0.15) is 37.8 Å². The average molecular weight is 426 g/mol. The number of amides is 1. The number of hydrogen-bond donors (Lipinski definition) is 1. The highest BCUT2D eigenvalue weighted by atomic mass is 79.9. The van der Waals surface area contributed by atoms with Gasteiger partial charge in [0.25, 0.3) is 0 Å². The van der Waals surface area contributed by atoms with Crippen molar-refractivity contribution in [2.45, 2.75) is 38.1 Å². The molecule has 0 unspecified atom stereocenters. The highest BCUT2D eigenvalue weighted by Crippen LogP contribution is 2.27. The van der Waals surface area contributed by atoms with Crippen LogP contribution in [0.25, 0.3) is 0 Å². The van der Waals surface area contributed by atoms with Gasteiger partial charge in [0.1, 0.15) is 0 Å². The Labute approximate surface area is 169 Å². The molecule has 1 fully saturated rings. The summed E-state index contributed by atoms with van der Waals surface area (Å²) in [7, 11) is 0. The predicted octanol–water partition coefficient (Wildman–Crippen LogP) is 4.38. The summed E-state index contributed by atoms with van der Waals surface area (Å²) in [6.45, 7) is 5.73. The maximum absolute atomic E-state index is 12.9. The van der Waals surface area contributed by atoms with Crippen LogP contribution >= 0.6 is 15.9 Å². The topological polar surface area (TPSA) is 56.1 Å². The van der Waals surface area contributed by atoms with Crippen molar-refractivity contribution in [1.82, 2.24) is 5.32 Å². The lowest BCUT2D eigenvalue weighted by molar-refractivity contribution is -0.126. The van der Waals surface area contributed by atoms with E-state index in [2.05, 4.69) is 32.2 Å². The SMILES string of the molecule is CC(C)(C(=O)NC1CCN(c2ccc(C#N)cc2)CC1)c1cccc(Br)c1. The Morgan fingerprint density at radius 3 is 2.44 bits per heavy atom. The van der Waals surface area contributed by atoms with Gasteiger partial charge < -0.3 is 10.2 Å². The second kappa shape index (κ2) is 8.14. The Hall–Kier alpha value is -2.32. The van der Waals surface area contributed by atoms with Crippen molar-refractivity contribution in [2.24, 2.45) is 0 Å². The van der Waals surface area contributed by atoms with E-state index in [0.29, 0.717) is 5.56 Å². The molecule has 4 nitrogen and oxygen atoms in total. The van der Waals surface area contributed by atoms with Gasteiger partial charge in [-0.25, -0.2) is 0 Å². The van der Waals surface area contributed by atoms with Crippen LogP contribution in [-0.4, -0.2) is 25.0 Å². The Bertz CT molecular complexity index is 847. The lowest BCUT2D eigenvalue weighted by Gasteiger charge is -2.35. The van der Waals surface area contributed by atoms with Crippen LogP contribution in [0.4, 0.5) is 5.69 Å². The van der Waals surface area contributed by atoms with Crippen LogP contribution in [0.3, 0.4) is 0 Å². The van der Waals surface area contributed by atoms with E-state index in [9.17, 15) is 4.79 Å². The summed E-state index contributed by atoms with van der Waals surface area (Å²) in [4.78, 5) is 15.2. The predicted molar refractivity (Wildman–Crippen MR) is 112 cm³/mol. The van der Waals surface area contributed by atoms with E-state index in [1.54, 1.807) is 0 Å². The molecule has 0 bridgehead atoms. The number of nitriles is 1. The Kier molecular flexibility index (Phi) is 5.86. The maximum Gasteiger partial charge on any atom is 0.230 e. The third-order valence-electron chi connectivity index (χ3n) is 5.31. The summed E-state index contributed by atoms with van der Waals surface area (Å²) in [5.41, 5.74) is 2.24. The van der Waals surface area contributed by atoms with Gasteiger partial charge in [-0.3, -0.25) is 4.79 Å². The third-order valence-corrected chi connectivity index (χ3v) is 5.80. The fourth-order valence-corrected chi connectivity index (χ4v) is 3.80. The number of rotatable bonds is 4. The zero-order valence-corrected chi connectivity index (χ0v) is 17.3. The van der Waals surface area contributed by atoms with Crippen molar-refractivity contribution in [3.05, 3.63) is 64.1 Å². The van der Waals surface area contributed by atoms with Crippen LogP contribution in [0.2, 0.25) is 0 Å². The molecule has 1 saturated heterocycles. The van der Waals surface area contributed by atoms with Gasteiger partial charge in [-0.05, 0) is 68.7 Å². The van der Waals surface area contributed by atoms with E-state index in [4.69, 9.17) is 5.26 Å². The summed E-state index contributed by atoms with van der Waals surface area (Å²) in [5.74, 6) is 0.0671. The molecule has 0 aromatic heterocycles. The largest absolute Gasteiger partial charge is 0.371 e. The van der Waals surface area contributed by atoms with Gasteiger partial charge in [0, 0.05) is 29.3 Å². The number of anilines is 1. The maximum atomic E-state index is 12.9. The third kappa shape index (κ3) is 4.51. The van der Waals surface area contributed by atoms with Gasteiger partial charge in [0.2, 0.25) is 5.91 Å². The van der Waals surface area contributed by atoms with Crippen LogP contribution in [0.5, 0.6) is 0 Å². The molecule has 1 heterocycles. The van der Waals surface area contributed by atoms with Gasteiger partial charge in [0.15, 0.2) is 0 Å². The Balaban J connectivity index is 1.58. The number of hydrogen-bond acceptors (Lipinski definition) is 3. The van der Waals surface area contributed by atoms with Gasteiger partial charge in [-0.2, -0.15) is 5.26 Å². The molecular weight excluding hydrogens is 402 g/mol. The lowest BCUT2D eigenvalue weighted by atomic mass is 9.83. The van der Waals surface area contributed by atoms with Crippen LogP contribution in [-0.2, 0) is 10.2 Å². The minimum atomic E-state index is -0.575. The number of nitrogens with one attached hydrogen (secondary N) is 1. The van der Waals surface area contributed by atoms with E-state index in [1.165, 1.54) is 0 Å². The van der Waals surface area contributed by atoms with Crippen LogP contribution < -0.4 is 10.2 Å². The second-order valence-corrected chi connectivity index (χ2v) is 8.44. The number of benzene rings is 2. The van der Waals surface area contributed by atoms with Crippen molar-refractivity contribution in [1.29, 1.82) is 5.26 Å². The lowest BCUT2D eigenvalue weighted by Crippen LogP contribution is -2.49. The normalized spacial score (nSPS) is 15.3. The first kappa shape index (κ1) is 19.4. The zero-order valence-electron chi connectivity index (χ0n) is 15.7. The highest BCUT2D eigenvalue weighted by molar-refractivity contribution is 9.10. The number of halogens is 1. The Morgan fingerprint density at radius 2 is 1.85 bits per heavy atom. The zero-order chi connectivity index (χ0) is 19.4. The molecule has 5 heteroatoms. The summed E-state index contributed by atoms with van der Waals surface area (Å²) in [6.07, 6.45) is 1.83. The molecule has 140 valence electrons. The average Bonchev–Trinajstić information content (AvgIpc) is 2.68. The van der Waals surface area contributed by atoms with E-state index in [0.717, 1.165) is 41.7 Å². The number of carbonyl (C=O) groups excluding carboxylic acids is 1. The molecule has 0 saturated carbocycles. The number of carbonyl (C=O) groups is 1. The molecule has 1 aliphatic heterocycles. The number of piperidine rings is 1. The molecule has 1 amide bonds. The quantitative estimate of drug-likeness (QED) is 0.790. The number of nitrogens with zero attached hydrogens (tertiary/aromatic N) is 2. The van der Waals surface area contributed by atoms with Crippen molar-refractivity contribution >= 4 is 27.5 Å². The van der Waals surface area contributed by atoms with E-state index < -0.39 is 5.41 Å². The monoisotopic (exact) mass is 425 g/mol. The van der Waals surface area contributed by atoms with Crippen molar-refractivity contribution in [3.63, 3.8) is 0 Å². The highest BCUT2D eigenvalue weighted by Gasteiger charge is 2.32. The molecular formula is C22H24BrN3O. The fraction of sp³-hybridized carbons (Fsp3) is 0.364. The van der Waals surface area contributed by atoms with E-state index in [-0.39, 0.29) is 11.9 Å². The Morgan fingerprint density at radius 1 is 1.19 bits per heavy atom. The molecule has 0 spiro atoms. The van der Waals surface area contributed by atoms with Crippen LogP contribution in [0.15, 0.2) is 53.0 Å². The molecule has 0 radical (unpaired) electrons. The van der Waals surface area contributed by atoms with Gasteiger partial charge in [-0.15, -0.1) is 0 Å². The summed E-state index contributed by atoms with van der Waals surface area (Å²) < 4.78 is 0.983. The first-order valence-electron chi connectivity index (χ1n) is 9.22. The minimum Gasteiger partial charge on any atom is -0.371 e. The molecule has 2 aromatic rings. The standard InChI is InChI=1S/C22H24BrN3O/c1-22(2,17-4-3-5-18(23)14-17)21(27)25-19-10-12-26(13-11-19)20-8-6-16(15-24)7-9-20/h3-9,14,19H,10-13H2,1-2H3,(H,25,27). The van der Waals surface area contributed by atoms with Gasteiger partial charge in [0.05, 0.1) is 17.0 Å². The van der Waals surface area contributed by atoms with Gasteiger partial charge >= 0.3 is 0 Å².